The minimum atomic E-state index is 0.0828. The number of ketones is 1. The number of thioether (sulfide) groups is 1. The van der Waals surface area contributed by atoms with Crippen molar-refractivity contribution in [3.8, 4) is 28.6 Å². The molecule has 0 bridgehead atoms. The number of benzene rings is 1. The highest BCUT2D eigenvalue weighted by Gasteiger charge is 2.26. The van der Waals surface area contributed by atoms with Crippen LogP contribution in [0.1, 0.15) is 59.9 Å². The number of rotatable bonds is 9. The largest absolute Gasteiger partial charge is 0.493 e. The Bertz CT molecular complexity index is 1140. The molecule has 1 N–H and O–H groups in total. The van der Waals surface area contributed by atoms with Gasteiger partial charge in [-0.3, -0.25) is 9.36 Å². The van der Waals surface area contributed by atoms with Crippen LogP contribution in [0.4, 0.5) is 0 Å². The summed E-state index contributed by atoms with van der Waals surface area (Å²) in [6.45, 7) is 3.89. The molecular weight excluding hydrogens is 452 g/mol. The van der Waals surface area contributed by atoms with Crippen LogP contribution in [0.2, 0.25) is 0 Å². The number of aromatic amines is 1. The number of H-pyrrole nitrogens is 1. The van der Waals surface area contributed by atoms with E-state index in [1.54, 1.807) is 21.3 Å². The van der Waals surface area contributed by atoms with E-state index in [9.17, 15) is 4.79 Å². The first-order valence-corrected chi connectivity index (χ1v) is 12.5. The second-order valence-electron chi connectivity index (χ2n) is 8.58. The topological polar surface area (TPSA) is 91.3 Å². The van der Waals surface area contributed by atoms with Crippen LogP contribution in [0.3, 0.4) is 0 Å². The third-order valence-corrected chi connectivity index (χ3v) is 7.25. The van der Waals surface area contributed by atoms with E-state index in [0.717, 1.165) is 46.3 Å². The van der Waals surface area contributed by atoms with E-state index in [-0.39, 0.29) is 11.8 Å². The van der Waals surface area contributed by atoms with Crippen LogP contribution in [-0.4, -0.2) is 52.6 Å². The molecular formula is C25H32N4O4S. The van der Waals surface area contributed by atoms with E-state index in [0.29, 0.717) is 23.0 Å². The molecule has 2 heterocycles. The minimum Gasteiger partial charge on any atom is -0.493 e. The summed E-state index contributed by atoms with van der Waals surface area (Å²) in [6.07, 6.45) is 5.70. The number of methoxy groups -OCH3 is 3. The third kappa shape index (κ3) is 4.80. The van der Waals surface area contributed by atoms with Gasteiger partial charge in [0, 0.05) is 28.6 Å². The molecule has 2 aromatic heterocycles. The lowest BCUT2D eigenvalue weighted by atomic mass is 9.95. The Hall–Kier alpha value is -2.94. The third-order valence-electron chi connectivity index (χ3n) is 6.31. The van der Waals surface area contributed by atoms with Crippen molar-refractivity contribution in [2.75, 3.05) is 27.1 Å². The zero-order chi connectivity index (χ0) is 24.2. The number of aryl methyl sites for hydroxylation is 2. The molecule has 34 heavy (non-hydrogen) atoms. The fourth-order valence-electron chi connectivity index (χ4n) is 4.67. The van der Waals surface area contributed by atoms with Gasteiger partial charge in [0.15, 0.2) is 28.3 Å². The molecule has 0 spiro atoms. The second kappa shape index (κ2) is 10.5. The van der Waals surface area contributed by atoms with Crippen molar-refractivity contribution in [2.24, 2.45) is 0 Å². The molecule has 0 unspecified atom stereocenters. The lowest BCUT2D eigenvalue weighted by Crippen LogP contribution is -2.16. The van der Waals surface area contributed by atoms with E-state index in [2.05, 4.69) is 19.7 Å². The van der Waals surface area contributed by atoms with Gasteiger partial charge in [-0.25, -0.2) is 0 Å². The van der Waals surface area contributed by atoms with Gasteiger partial charge < -0.3 is 19.2 Å². The molecule has 0 amide bonds. The number of carbonyl (C=O) groups is 1. The Morgan fingerprint density at radius 2 is 1.71 bits per heavy atom. The van der Waals surface area contributed by atoms with Crippen molar-refractivity contribution >= 4 is 17.5 Å². The Balaban J connectivity index is 1.70. The summed E-state index contributed by atoms with van der Waals surface area (Å²) in [5.74, 6) is 2.80. The Morgan fingerprint density at radius 1 is 1.03 bits per heavy atom. The summed E-state index contributed by atoms with van der Waals surface area (Å²) in [7, 11) is 4.79. The monoisotopic (exact) mass is 484 g/mol. The van der Waals surface area contributed by atoms with Crippen molar-refractivity contribution in [3.05, 3.63) is 35.2 Å². The highest BCUT2D eigenvalue weighted by molar-refractivity contribution is 7.99. The Labute approximate surface area is 204 Å². The molecule has 0 saturated heterocycles. The molecule has 1 saturated carbocycles. The van der Waals surface area contributed by atoms with E-state index < -0.39 is 0 Å². The van der Waals surface area contributed by atoms with Gasteiger partial charge in [-0.05, 0) is 44.9 Å². The van der Waals surface area contributed by atoms with Crippen LogP contribution in [0, 0.1) is 13.8 Å². The predicted octanol–water partition coefficient (Wildman–Crippen LogP) is 5.40. The first-order chi connectivity index (χ1) is 16.5. The highest BCUT2D eigenvalue weighted by atomic mass is 32.2. The quantitative estimate of drug-likeness (QED) is 0.321. The maximum absolute atomic E-state index is 12.9. The Morgan fingerprint density at radius 3 is 2.26 bits per heavy atom. The molecule has 8 nitrogen and oxygen atoms in total. The summed E-state index contributed by atoms with van der Waals surface area (Å²) in [6, 6.07) is 5.99. The van der Waals surface area contributed by atoms with Crippen LogP contribution in [0.25, 0.3) is 11.4 Å². The minimum absolute atomic E-state index is 0.0828. The number of nitrogens with one attached hydrogen (secondary N) is 1. The average Bonchev–Trinajstić information content (AvgIpc) is 3.44. The molecule has 182 valence electrons. The van der Waals surface area contributed by atoms with Gasteiger partial charge >= 0.3 is 0 Å². The molecule has 0 aliphatic heterocycles. The summed E-state index contributed by atoms with van der Waals surface area (Å²) in [4.78, 5) is 16.1. The van der Waals surface area contributed by atoms with Crippen molar-refractivity contribution in [3.63, 3.8) is 0 Å². The average molecular weight is 485 g/mol. The van der Waals surface area contributed by atoms with Crippen LogP contribution in [0.15, 0.2) is 23.4 Å². The van der Waals surface area contributed by atoms with E-state index >= 15 is 0 Å². The number of hydrogen-bond donors (Lipinski definition) is 1. The summed E-state index contributed by atoms with van der Waals surface area (Å²) in [5.41, 5.74) is 3.46. The summed E-state index contributed by atoms with van der Waals surface area (Å²) >= 11 is 1.44. The van der Waals surface area contributed by atoms with Gasteiger partial charge in [0.25, 0.3) is 0 Å². The Kier molecular flexibility index (Phi) is 7.50. The van der Waals surface area contributed by atoms with Crippen molar-refractivity contribution in [2.45, 2.75) is 57.1 Å². The maximum atomic E-state index is 12.9. The normalized spacial score (nSPS) is 14.3. The predicted molar refractivity (Wildman–Crippen MR) is 133 cm³/mol. The van der Waals surface area contributed by atoms with Crippen molar-refractivity contribution < 1.29 is 19.0 Å². The first-order valence-electron chi connectivity index (χ1n) is 11.5. The number of Topliss-reactive ketones (excluding diaryl/α,β-unsaturated/α-hetero) is 1. The van der Waals surface area contributed by atoms with E-state index in [4.69, 9.17) is 14.2 Å². The van der Waals surface area contributed by atoms with Crippen molar-refractivity contribution in [1.82, 2.24) is 19.7 Å². The lowest BCUT2D eigenvalue weighted by Gasteiger charge is -2.26. The van der Waals surface area contributed by atoms with Crippen LogP contribution in [-0.2, 0) is 0 Å². The fraction of sp³-hybridized carbons (Fsp3) is 0.480. The molecule has 0 atom stereocenters. The molecule has 3 aromatic rings. The highest BCUT2D eigenvalue weighted by Crippen LogP contribution is 2.43. The molecule has 9 heteroatoms. The van der Waals surface area contributed by atoms with Crippen LogP contribution >= 0.6 is 11.8 Å². The van der Waals surface area contributed by atoms with Gasteiger partial charge in [-0.2, -0.15) is 0 Å². The molecule has 1 aromatic carbocycles. The maximum Gasteiger partial charge on any atom is 0.203 e. The van der Waals surface area contributed by atoms with Gasteiger partial charge in [-0.15, -0.1) is 10.2 Å². The smallest absolute Gasteiger partial charge is 0.203 e. The number of carbonyl (C=O) groups excluding carboxylic acids is 1. The molecule has 1 fully saturated rings. The van der Waals surface area contributed by atoms with Gasteiger partial charge in [0.05, 0.1) is 27.1 Å². The van der Waals surface area contributed by atoms with Gasteiger partial charge in [-0.1, -0.05) is 31.0 Å². The van der Waals surface area contributed by atoms with Crippen LogP contribution < -0.4 is 14.2 Å². The molecule has 4 rings (SSSR count). The molecule has 0 radical (unpaired) electrons. The van der Waals surface area contributed by atoms with E-state index in [1.807, 2.05) is 32.0 Å². The van der Waals surface area contributed by atoms with Crippen LogP contribution in [0.5, 0.6) is 17.2 Å². The number of ether oxygens (including phenoxy) is 3. The standard InChI is InChI=1S/C25H32N4O4S/c1-15-11-19(16(2)26-15)20(30)14-34-25-28-27-24(29(25)18-9-7-6-8-10-18)17-12-21(31-3)23(33-5)22(13-17)32-4/h11-13,18,26H,6-10,14H2,1-5H3. The number of aromatic nitrogens is 4. The van der Waals surface area contributed by atoms with Gasteiger partial charge in [0.2, 0.25) is 5.75 Å². The number of nitrogens with zero attached hydrogens (tertiary/aromatic N) is 3. The lowest BCUT2D eigenvalue weighted by molar-refractivity contribution is 0.102. The zero-order valence-electron chi connectivity index (χ0n) is 20.4. The van der Waals surface area contributed by atoms with E-state index in [1.165, 1.54) is 31.0 Å². The second-order valence-corrected chi connectivity index (χ2v) is 9.53. The SMILES string of the molecule is COc1cc(-c2nnc(SCC(=O)c3cc(C)[nH]c3C)n2C2CCCCC2)cc(OC)c1OC. The first kappa shape index (κ1) is 24.2. The summed E-state index contributed by atoms with van der Waals surface area (Å²) < 4.78 is 18.8. The number of hydrogen-bond acceptors (Lipinski definition) is 7. The zero-order valence-corrected chi connectivity index (χ0v) is 21.3. The fourth-order valence-corrected chi connectivity index (χ4v) is 5.56. The van der Waals surface area contributed by atoms with Crippen molar-refractivity contribution in [1.29, 1.82) is 0 Å². The summed E-state index contributed by atoms with van der Waals surface area (Å²) in [5, 5.41) is 9.84. The van der Waals surface area contributed by atoms with Gasteiger partial charge in [0.1, 0.15) is 0 Å². The molecule has 1 aliphatic carbocycles. The molecule has 1 aliphatic rings.